The summed E-state index contributed by atoms with van der Waals surface area (Å²) < 4.78 is 5.44. The minimum Gasteiger partial charge on any atom is -0.406 e. The molecule has 0 spiro atoms. The van der Waals surface area contributed by atoms with Gasteiger partial charge in [0.2, 0.25) is 11.8 Å². The Bertz CT molecular complexity index is 366. The molecule has 1 rings (SSSR count). The number of carbonyl (C=O) groups is 1. The zero-order chi connectivity index (χ0) is 13.4. The molecular weight excluding hydrogens is 234 g/mol. The van der Waals surface area contributed by atoms with Crippen molar-refractivity contribution in [3.05, 3.63) is 5.89 Å². The third kappa shape index (κ3) is 5.13. The highest BCUT2D eigenvalue weighted by atomic mass is 16.4. The van der Waals surface area contributed by atoms with Gasteiger partial charge in [0.05, 0.1) is 6.04 Å². The van der Waals surface area contributed by atoms with Gasteiger partial charge in [0.25, 0.3) is 0 Å². The smallest absolute Gasteiger partial charge is 0.315 e. The van der Waals surface area contributed by atoms with Gasteiger partial charge in [-0.2, -0.15) is 0 Å². The SMILES string of the molecule is CCCNC(C)c1nnc(NCCCC(N)=O)o1. The van der Waals surface area contributed by atoms with Crippen LogP contribution in [-0.2, 0) is 4.79 Å². The summed E-state index contributed by atoms with van der Waals surface area (Å²) in [5.41, 5.74) is 5.04. The number of rotatable bonds is 9. The fraction of sp³-hybridized carbons (Fsp3) is 0.727. The van der Waals surface area contributed by atoms with E-state index in [0.717, 1.165) is 13.0 Å². The molecule has 7 heteroatoms. The van der Waals surface area contributed by atoms with E-state index in [1.807, 2.05) is 6.92 Å². The Kier molecular flexibility index (Phi) is 6.13. The Morgan fingerprint density at radius 1 is 1.44 bits per heavy atom. The number of hydrogen-bond donors (Lipinski definition) is 3. The second-order valence-corrected chi connectivity index (χ2v) is 4.12. The van der Waals surface area contributed by atoms with Crippen LogP contribution >= 0.6 is 0 Å². The molecule has 0 aliphatic heterocycles. The number of nitrogens with two attached hydrogens (primary N) is 1. The summed E-state index contributed by atoms with van der Waals surface area (Å²) in [7, 11) is 0. The molecular formula is C11H21N5O2. The Balaban J connectivity index is 2.31. The topological polar surface area (TPSA) is 106 Å². The molecule has 1 aromatic rings. The number of carbonyl (C=O) groups excluding carboxylic acids is 1. The fourth-order valence-electron chi connectivity index (χ4n) is 1.39. The van der Waals surface area contributed by atoms with Crippen molar-refractivity contribution >= 4 is 11.9 Å². The van der Waals surface area contributed by atoms with Crippen LogP contribution in [0.3, 0.4) is 0 Å². The van der Waals surface area contributed by atoms with E-state index in [4.69, 9.17) is 10.2 Å². The predicted molar refractivity (Wildman–Crippen MR) is 67.9 cm³/mol. The summed E-state index contributed by atoms with van der Waals surface area (Å²) in [6, 6.07) is 0.415. The third-order valence-electron chi connectivity index (χ3n) is 2.39. The predicted octanol–water partition coefficient (Wildman–Crippen LogP) is 0.808. The van der Waals surface area contributed by atoms with Crippen molar-refractivity contribution in [3.8, 4) is 0 Å². The fourth-order valence-corrected chi connectivity index (χ4v) is 1.39. The molecule has 0 aromatic carbocycles. The minimum atomic E-state index is -0.305. The van der Waals surface area contributed by atoms with E-state index in [1.165, 1.54) is 0 Å². The van der Waals surface area contributed by atoms with Gasteiger partial charge in [-0.05, 0) is 26.3 Å². The van der Waals surface area contributed by atoms with Crippen molar-refractivity contribution in [2.45, 2.75) is 39.2 Å². The van der Waals surface area contributed by atoms with Crippen LogP contribution in [0.15, 0.2) is 4.42 Å². The van der Waals surface area contributed by atoms with Crippen LogP contribution in [0.2, 0.25) is 0 Å². The van der Waals surface area contributed by atoms with Gasteiger partial charge in [0, 0.05) is 13.0 Å². The summed E-state index contributed by atoms with van der Waals surface area (Å²) in [5, 5.41) is 14.0. The standard InChI is InChI=1S/C11H21N5O2/c1-3-6-13-8(2)10-15-16-11(18-10)14-7-4-5-9(12)17/h8,13H,3-7H2,1-2H3,(H2,12,17)(H,14,16). The van der Waals surface area contributed by atoms with Gasteiger partial charge in [0.1, 0.15) is 0 Å². The largest absolute Gasteiger partial charge is 0.406 e. The highest BCUT2D eigenvalue weighted by Crippen LogP contribution is 2.13. The van der Waals surface area contributed by atoms with Crippen molar-refractivity contribution in [3.63, 3.8) is 0 Å². The van der Waals surface area contributed by atoms with E-state index in [0.29, 0.717) is 31.3 Å². The van der Waals surface area contributed by atoms with Crippen molar-refractivity contribution in [1.29, 1.82) is 0 Å². The minimum absolute atomic E-state index is 0.0404. The number of nitrogens with zero attached hydrogens (tertiary/aromatic N) is 2. The first-order chi connectivity index (χ1) is 8.63. The van der Waals surface area contributed by atoms with E-state index in [9.17, 15) is 4.79 Å². The molecule has 1 amide bonds. The van der Waals surface area contributed by atoms with E-state index in [2.05, 4.69) is 27.8 Å². The van der Waals surface area contributed by atoms with Gasteiger partial charge in [-0.1, -0.05) is 12.0 Å². The van der Waals surface area contributed by atoms with Crippen LogP contribution in [0.1, 0.15) is 45.0 Å². The molecule has 0 radical (unpaired) electrons. The zero-order valence-corrected chi connectivity index (χ0v) is 10.9. The Morgan fingerprint density at radius 2 is 2.22 bits per heavy atom. The molecule has 4 N–H and O–H groups in total. The Hall–Kier alpha value is -1.63. The summed E-state index contributed by atoms with van der Waals surface area (Å²) in [5.74, 6) is 0.251. The zero-order valence-electron chi connectivity index (χ0n) is 10.9. The van der Waals surface area contributed by atoms with Crippen LogP contribution < -0.4 is 16.4 Å². The average molecular weight is 255 g/mol. The van der Waals surface area contributed by atoms with Crippen LogP contribution in [0.25, 0.3) is 0 Å². The van der Waals surface area contributed by atoms with Crippen LogP contribution in [0, 0.1) is 0 Å². The maximum Gasteiger partial charge on any atom is 0.315 e. The van der Waals surface area contributed by atoms with Crippen molar-refractivity contribution < 1.29 is 9.21 Å². The first-order valence-electron chi connectivity index (χ1n) is 6.22. The first kappa shape index (κ1) is 14.4. The summed E-state index contributed by atoms with van der Waals surface area (Å²) >= 11 is 0. The van der Waals surface area contributed by atoms with Gasteiger partial charge < -0.3 is 20.8 Å². The third-order valence-corrected chi connectivity index (χ3v) is 2.39. The molecule has 0 saturated carbocycles. The van der Waals surface area contributed by atoms with Gasteiger partial charge in [-0.15, -0.1) is 5.10 Å². The molecule has 1 aromatic heterocycles. The van der Waals surface area contributed by atoms with Crippen LogP contribution in [0.5, 0.6) is 0 Å². The highest BCUT2D eigenvalue weighted by Gasteiger charge is 2.12. The number of primary amides is 1. The molecule has 1 heterocycles. The van der Waals surface area contributed by atoms with Crippen molar-refractivity contribution in [2.75, 3.05) is 18.4 Å². The molecule has 0 saturated heterocycles. The first-order valence-corrected chi connectivity index (χ1v) is 6.22. The summed E-state index contributed by atoms with van der Waals surface area (Å²) in [6.45, 7) is 5.56. The number of nitrogens with one attached hydrogen (secondary N) is 2. The maximum absolute atomic E-state index is 10.5. The van der Waals surface area contributed by atoms with Gasteiger partial charge >= 0.3 is 6.01 Å². The van der Waals surface area contributed by atoms with E-state index in [1.54, 1.807) is 0 Å². The number of amides is 1. The lowest BCUT2D eigenvalue weighted by Gasteiger charge is -2.07. The molecule has 1 atom stereocenters. The lowest BCUT2D eigenvalue weighted by Crippen LogP contribution is -2.19. The number of hydrogen-bond acceptors (Lipinski definition) is 6. The highest BCUT2D eigenvalue weighted by molar-refractivity contribution is 5.73. The molecule has 0 aliphatic rings. The molecule has 0 bridgehead atoms. The Morgan fingerprint density at radius 3 is 2.89 bits per heavy atom. The monoisotopic (exact) mass is 255 g/mol. The molecule has 18 heavy (non-hydrogen) atoms. The van der Waals surface area contributed by atoms with E-state index in [-0.39, 0.29) is 11.9 Å². The van der Waals surface area contributed by atoms with Crippen LogP contribution in [-0.4, -0.2) is 29.2 Å². The maximum atomic E-state index is 10.5. The molecule has 7 nitrogen and oxygen atoms in total. The van der Waals surface area contributed by atoms with Gasteiger partial charge in [0.15, 0.2) is 0 Å². The van der Waals surface area contributed by atoms with E-state index < -0.39 is 0 Å². The number of aromatic nitrogens is 2. The average Bonchev–Trinajstić information content (AvgIpc) is 2.80. The normalized spacial score (nSPS) is 12.3. The lowest BCUT2D eigenvalue weighted by atomic mass is 10.3. The molecule has 102 valence electrons. The molecule has 0 aliphatic carbocycles. The van der Waals surface area contributed by atoms with Gasteiger partial charge in [-0.3, -0.25) is 4.79 Å². The molecule has 0 fully saturated rings. The molecule has 1 unspecified atom stereocenters. The summed E-state index contributed by atoms with van der Waals surface area (Å²) in [6.07, 6.45) is 2.05. The number of anilines is 1. The Labute approximate surface area is 107 Å². The van der Waals surface area contributed by atoms with Crippen molar-refractivity contribution in [2.24, 2.45) is 5.73 Å². The second-order valence-electron chi connectivity index (χ2n) is 4.12. The van der Waals surface area contributed by atoms with Crippen molar-refractivity contribution in [1.82, 2.24) is 15.5 Å². The lowest BCUT2D eigenvalue weighted by molar-refractivity contribution is -0.118. The van der Waals surface area contributed by atoms with Crippen LogP contribution in [0.4, 0.5) is 6.01 Å². The summed E-state index contributed by atoms with van der Waals surface area (Å²) in [4.78, 5) is 10.5. The second kappa shape index (κ2) is 7.65. The quantitative estimate of drug-likeness (QED) is 0.564. The van der Waals surface area contributed by atoms with Gasteiger partial charge in [-0.25, -0.2) is 0 Å². The van der Waals surface area contributed by atoms with E-state index >= 15 is 0 Å².